The fraction of sp³-hybridized carbons (Fsp3) is 0.429. The summed E-state index contributed by atoms with van der Waals surface area (Å²) in [6, 6.07) is 3.91. The largest absolute Gasteiger partial charge is 0.396 e. The summed E-state index contributed by atoms with van der Waals surface area (Å²) in [6.45, 7) is 2.07. The van der Waals surface area contributed by atoms with Crippen LogP contribution in [0.25, 0.3) is 0 Å². The van der Waals surface area contributed by atoms with Gasteiger partial charge < -0.3 is 15.7 Å². The van der Waals surface area contributed by atoms with Gasteiger partial charge in [0.2, 0.25) is 5.91 Å². The van der Waals surface area contributed by atoms with Gasteiger partial charge in [0.1, 0.15) is 5.82 Å². The van der Waals surface area contributed by atoms with E-state index in [1.165, 1.54) is 12.1 Å². The number of rotatable bonds is 7. The molecule has 0 radical (unpaired) electrons. The molecule has 7 heteroatoms. The van der Waals surface area contributed by atoms with Gasteiger partial charge in [0.25, 0.3) is 5.91 Å². The second-order valence-corrected chi connectivity index (χ2v) is 5.11. The van der Waals surface area contributed by atoms with Gasteiger partial charge in [-0.25, -0.2) is 4.39 Å². The van der Waals surface area contributed by atoms with Crippen LogP contribution in [0.4, 0.5) is 4.39 Å². The van der Waals surface area contributed by atoms with Crippen LogP contribution in [-0.2, 0) is 4.79 Å². The summed E-state index contributed by atoms with van der Waals surface area (Å²) in [6.07, 6.45) is 0.581. The van der Waals surface area contributed by atoms with Gasteiger partial charge in [0.15, 0.2) is 0 Å². The Hall–Kier alpha value is -1.66. The molecule has 21 heavy (non-hydrogen) atoms. The molecule has 0 bridgehead atoms. The SMILES string of the molecule is CC(CCO)CNC(=O)CNC(=O)c1c(F)cccc1Cl. The molecule has 1 aromatic carbocycles. The Morgan fingerprint density at radius 2 is 2.10 bits per heavy atom. The minimum absolute atomic E-state index is 0.00974. The summed E-state index contributed by atoms with van der Waals surface area (Å²) in [7, 11) is 0. The zero-order chi connectivity index (χ0) is 15.8. The zero-order valence-electron chi connectivity index (χ0n) is 11.7. The predicted molar refractivity (Wildman–Crippen MR) is 77.6 cm³/mol. The van der Waals surface area contributed by atoms with Gasteiger partial charge in [0, 0.05) is 13.2 Å². The molecule has 0 saturated heterocycles. The molecule has 1 atom stereocenters. The van der Waals surface area contributed by atoms with E-state index in [4.69, 9.17) is 16.7 Å². The van der Waals surface area contributed by atoms with Crippen molar-refractivity contribution in [2.45, 2.75) is 13.3 Å². The maximum atomic E-state index is 13.5. The van der Waals surface area contributed by atoms with Crippen molar-refractivity contribution >= 4 is 23.4 Å². The number of amides is 2. The van der Waals surface area contributed by atoms with Crippen LogP contribution in [0.15, 0.2) is 18.2 Å². The van der Waals surface area contributed by atoms with Crippen molar-refractivity contribution in [2.24, 2.45) is 5.92 Å². The van der Waals surface area contributed by atoms with Crippen molar-refractivity contribution in [1.29, 1.82) is 0 Å². The number of halogens is 2. The average Bonchev–Trinajstić information content (AvgIpc) is 2.43. The number of carbonyl (C=O) groups is 2. The normalized spacial score (nSPS) is 11.8. The van der Waals surface area contributed by atoms with Gasteiger partial charge >= 0.3 is 0 Å². The second kappa shape index (κ2) is 8.59. The smallest absolute Gasteiger partial charge is 0.256 e. The lowest BCUT2D eigenvalue weighted by Crippen LogP contribution is -2.39. The Balaban J connectivity index is 2.44. The molecular weight excluding hydrogens is 299 g/mol. The molecule has 5 nitrogen and oxygen atoms in total. The van der Waals surface area contributed by atoms with E-state index in [1.807, 2.05) is 6.92 Å². The molecule has 116 valence electrons. The van der Waals surface area contributed by atoms with Gasteiger partial charge in [-0.3, -0.25) is 9.59 Å². The molecule has 1 rings (SSSR count). The predicted octanol–water partition coefficient (Wildman–Crippen LogP) is 1.34. The van der Waals surface area contributed by atoms with Crippen molar-refractivity contribution in [3.05, 3.63) is 34.6 Å². The summed E-state index contributed by atoms with van der Waals surface area (Å²) in [4.78, 5) is 23.3. The lowest BCUT2D eigenvalue weighted by Gasteiger charge is -2.12. The standard InChI is InChI=1S/C14H18ClFN2O3/c1-9(5-6-19)7-17-12(20)8-18-14(21)13-10(15)3-2-4-11(13)16/h2-4,9,19H,5-8H2,1H3,(H,17,20)(H,18,21). The first-order chi connectivity index (χ1) is 9.95. The highest BCUT2D eigenvalue weighted by atomic mass is 35.5. The van der Waals surface area contributed by atoms with Crippen molar-refractivity contribution in [3.63, 3.8) is 0 Å². The quantitative estimate of drug-likeness (QED) is 0.710. The average molecular weight is 317 g/mol. The van der Waals surface area contributed by atoms with Crippen molar-refractivity contribution in [1.82, 2.24) is 10.6 Å². The third-order valence-electron chi connectivity index (χ3n) is 2.87. The first-order valence-corrected chi connectivity index (χ1v) is 6.93. The van der Waals surface area contributed by atoms with Crippen molar-refractivity contribution in [2.75, 3.05) is 19.7 Å². The van der Waals surface area contributed by atoms with Crippen molar-refractivity contribution in [3.8, 4) is 0 Å². The van der Waals surface area contributed by atoms with E-state index in [2.05, 4.69) is 10.6 Å². The third kappa shape index (κ3) is 5.69. The molecule has 0 spiro atoms. The van der Waals surface area contributed by atoms with Gasteiger partial charge in [-0.1, -0.05) is 24.6 Å². The molecule has 0 aliphatic heterocycles. The van der Waals surface area contributed by atoms with Crippen LogP contribution in [-0.4, -0.2) is 36.6 Å². The fourth-order valence-electron chi connectivity index (χ4n) is 1.64. The Morgan fingerprint density at radius 3 is 2.71 bits per heavy atom. The topological polar surface area (TPSA) is 78.4 Å². The van der Waals surface area contributed by atoms with Crippen LogP contribution in [0.3, 0.4) is 0 Å². The Kier molecular flexibility index (Phi) is 7.11. The molecule has 2 amide bonds. The fourth-order valence-corrected chi connectivity index (χ4v) is 1.89. The Bertz CT molecular complexity index is 491. The van der Waals surface area contributed by atoms with Crippen LogP contribution in [0.1, 0.15) is 23.7 Å². The molecule has 3 N–H and O–H groups in total. The summed E-state index contributed by atoms with van der Waals surface area (Å²) in [5.41, 5.74) is -0.277. The number of hydrogen-bond donors (Lipinski definition) is 3. The number of nitrogens with one attached hydrogen (secondary N) is 2. The maximum absolute atomic E-state index is 13.5. The minimum Gasteiger partial charge on any atom is -0.396 e. The molecule has 1 unspecified atom stereocenters. The molecule has 0 aromatic heterocycles. The van der Waals surface area contributed by atoms with E-state index >= 15 is 0 Å². The molecular formula is C14H18ClFN2O3. The van der Waals surface area contributed by atoms with E-state index in [-0.39, 0.29) is 35.6 Å². The van der Waals surface area contributed by atoms with E-state index in [1.54, 1.807) is 0 Å². The van der Waals surface area contributed by atoms with Crippen LogP contribution in [0.5, 0.6) is 0 Å². The van der Waals surface area contributed by atoms with Gasteiger partial charge in [0.05, 0.1) is 17.1 Å². The Morgan fingerprint density at radius 1 is 1.38 bits per heavy atom. The summed E-state index contributed by atoms with van der Waals surface area (Å²) >= 11 is 5.75. The number of hydrogen-bond acceptors (Lipinski definition) is 3. The van der Waals surface area contributed by atoms with Gasteiger partial charge in [-0.05, 0) is 24.5 Å². The van der Waals surface area contributed by atoms with E-state index in [0.717, 1.165) is 6.07 Å². The van der Waals surface area contributed by atoms with Crippen LogP contribution in [0.2, 0.25) is 5.02 Å². The monoisotopic (exact) mass is 316 g/mol. The third-order valence-corrected chi connectivity index (χ3v) is 3.18. The highest BCUT2D eigenvalue weighted by molar-refractivity contribution is 6.33. The van der Waals surface area contributed by atoms with Crippen LogP contribution >= 0.6 is 11.6 Å². The summed E-state index contributed by atoms with van der Waals surface area (Å²) < 4.78 is 13.5. The highest BCUT2D eigenvalue weighted by Gasteiger charge is 2.16. The first-order valence-electron chi connectivity index (χ1n) is 6.55. The molecule has 0 aliphatic carbocycles. The lowest BCUT2D eigenvalue weighted by molar-refractivity contribution is -0.120. The number of benzene rings is 1. The van der Waals surface area contributed by atoms with E-state index in [9.17, 15) is 14.0 Å². The van der Waals surface area contributed by atoms with Crippen LogP contribution < -0.4 is 10.6 Å². The minimum atomic E-state index is -0.739. The molecule has 1 aromatic rings. The summed E-state index contributed by atoms with van der Waals surface area (Å²) in [5.74, 6) is -1.73. The number of carbonyl (C=O) groups excluding carboxylic acids is 2. The van der Waals surface area contributed by atoms with Crippen LogP contribution in [0, 0.1) is 11.7 Å². The molecule has 0 heterocycles. The Labute approximate surface area is 127 Å². The van der Waals surface area contributed by atoms with E-state index < -0.39 is 11.7 Å². The summed E-state index contributed by atoms with van der Waals surface area (Å²) in [5, 5.41) is 13.7. The van der Waals surface area contributed by atoms with E-state index in [0.29, 0.717) is 13.0 Å². The second-order valence-electron chi connectivity index (χ2n) is 4.70. The maximum Gasteiger partial charge on any atom is 0.256 e. The highest BCUT2D eigenvalue weighted by Crippen LogP contribution is 2.18. The molecule has 0 fully saturated rings. The van der Waals surface area contributed by atoms with Gasteiger partial charge in [-0.15, -0.1) is 0 Å². The number of aliphatic hydroxyl groups excluding tert-OH is 1. The van der Waals surface area contributed by atoms with Crippen molar-refractivity contribution < 1.29 is 19.1 Å². The number of aliphatic hydroxyl groups is 1. The zero-order valence-corrected chi connectivity index (χ0v) is 12.4. The first kappa shape index (κ1) is 17.4. The molecule has 0 saturated carbocycles. The van der Waals surface area contributed by atoms with Gasteiger partial charge in [-0.2, -0.15) is 0 Å². The molecule has 0 aliphatic rings. The lowest BCUT2D eigenvalue weighted by atomic mass is 10.1.